The van der Waals surface area contributed by atoms with Crippen molar-refractivity contribution in [3.05, 3.63) is 46.0 Å². The lowest BCUT2D eigenvalue weighted by Gasteiger charge is -2.15. The molecule has 1 amide bonds. The van der Waals surface area contributed by atoms with Crippen LogP contribution >= 0.6 is 11.6 Å². The van der Waals surface area contributed by atoms with Crippen molar-refractivity contribution in [3.63, 3.8) is 0 Å². The van der Waals surface area contributed by atoms with Gasteiger partial charge in [0.25, 0.3) is 21.6 Å². The Hall–Kier alpha value is -1.93. The summed E-state index contributed by atoms with van der Waals surface area (Å²) in [6.07, 6.45) is 0. The van der Waals surface area contributed by atoms with Crippen LogP contribution in [0.25, 0.3) is 0 Å². The summed E-state index contributed by atoms with van der Waals surface area (Å²) in [6, 6.07) is 3.06. The molecule has 0 aliphatic carbocycles. The quantitative estimate of drug-likeness (QED) is 0.363. The van der Waals surface area contributed by atoms with Crippen LogP contribution in [0.4, 0.5) is 5.69 Å². The van der Waals surface area contributed by atoms with E-state index in [-0.39, 0.29) is 28.6 Å². The number of hydrogen-bond acceptors (Lipinski definition) is 5. The van der Waals surface area contributed by atoms with Crippen molar-refractivity contribution in [2.24, 2.45) is 0 Å². The summed E-state index contributed by atoms with van der Waals surface area (Å²) >= 11 is 5.53. The number of amides is 1. The molecule has 0 saturated carbocycles. The minimum atomic E-state index is -4.00. The number of rotatable bonds is 4. The van der Waals surface area contributed by atoms with Crippen molar-refractivity contribution in [2.45, 2.75) is 4.90 Å². The molecule has 1 aromatic carbocycles. The van der Waals surface area contributed by atoms with Gasteiger partial charge in [-0.3, -0.25) is 14.9 Å². The molecule has 0 radical (unpaired) electrons. The first-order chi connectivity index (χ1) is 9.28. The van der Waals surface area contributed by atoms with Gasteiger partial charge in [-0.05, 0) is 11.6 Å². The molecule has 0 aromatic heterocycles. The molecule has 9 heteroatoms. The molecular formula is C11H9ClN2O5S. The molecule has 0 unspecified atom stereocenters. The number of nitro benzene ring substituents is 1. The molecule has 20 heavy (non-hydrogen) atoms. The molecular weight excluding hydrogens is 308 g/mol. The Kier molecular flexibility index (Phi) is 3.53. The van der Waals surface area contributed by atoms with Crippen molar-refractivity contribution in [1.82, 2.24) is 4.31 Å². The summed E-state index contributed by atoms with van der Waals surface area (Å²) in [6.45, 7) is 3.30. The Labute approximate surface area is 119 Å². The molecule has 0 atom stereocenters. The van der Waals surface area contributed by atoms with E-state index in [1.807, 2.05) is 0 Å². The summed E-state index contributed by atoms with van der Waals surface area (Å²) in [5.41, 5.74) is -0.196. The molecule has 0 fully saturated rings. The highest BCUT2D eigenvalue weighted by molar-refractivity contribution is 7.90. The monoisotopic (exact) mass is 316 g/mol. The Bertz CT molecular complexity index is 728. The van der Waals surface area contributed by atoms with Crippen LogP contribution in [0.5, 0.6) is 0 Å². The highest BCUT2D eigenvalue weighted by atomic mass is 35.5. The fourth-order valence-corrected chi connectivity index (χ4v) is 3.44. The number of carbonyl (C=O) groups is 1. The molecule has 0 N–H and O–H groups in total. The van der Waals surface area contributed by atoms with Gasteiger partial charge in [0.05, 0.1) is 17.0 Å². The van der Waals surface area contributed by atoms with Crippen molar-refractivity contribution in [3.8, 4) is 0 Å². The lowest BCUT2D eigenvalue weighted by molar-refractivity contribution is -0.384. The van der Waals surface area contributed by atoms with Crippen molar-refractivity contribution >= 4 is 33.2 Å². The minimum absolute atomic E-state index is 0.00972. The second-order valence-electron chi connectivity index (χ2n) is 4.14. The van der Waals surface area contributed by atoms with Gasteiger partial charge in [-0.25, -0.2) is 12.7 Å². The third kappa shape index (κ3) is 2.16. The Morgan fingerprint density at radius 3 is 2.65 bits per heavy atom. The minimum Gasteiger partial charge on any atom is -0.268 e. The molecule has 1 aromatic rings. The second kappa shape index (κ2) is 4.88. The number of nitro groups is 1. The van der Waals surface area contributed by atoms with Crippen LogP contribution < -0.4 is 0 Å². The van der Waals surface area contributed by atoms with E-state index in [4.69, 9.17) is 11.6 Å². The largest absolute Gasteiger partial charge is 0.270 e. The Morgan fingerprint density at radius 2 is 2.10 bits per heavy atom. The SMILES string of the molecule is C=C(CCl)CN1C(=O)c2cc([N+](=O)[O-])ccc2S1(=O)=O. The third-order valence-corrected chi connectivity index (χ3v) is 4.92. The van der Waals surface area contributed by atoms with Crippen LogP contribution in [0.3, 0.4) is 0 Å². The van der Waals surface area contributed by atoms with Crippen LogP contribution in [0.1, 0.15) is 10.4 Å². The Balaban J connectivity index is 2.53. The number of alkyl halides is 1. The summed E-state index contributed by atoms with van der Waals surface area (Å²) in [4.78, 5) is 21.8. The molecule has 1 heterocycles. The highest BCUT2D eigenvalue weighted by Gasteiger charge is 2.42. The van der Waals surface area contributed by atoms with Crippen LogP contribution in [-0.2, 0) is 10.0 Å². The normalized spacial score (nSPS) is 16.1. The van der Waals surface area contributed by atoms with E-state index >= 15 is 0 Å². The first-order valence-electron chi connectivity index (χ1n) is 5.37. The number of non-ortho nitro benzene ring substituents is 1. The van der Waals surface area contributed by atoms with E-state index in [9.17, 15) is 23.3 Å². The number of nitrogens with zero attached hydrogens (tertiary/aromatic N) is 2. The lowest BCUT2D eigenvalue weighted by atomic mass is 10.2. The van der Waals surface area contributed by atoms with Crippen LogP contribution in [0, 0.1) is 10.1 Å². The van der Waals surface area contributed by atoms with Gasteiger partial charge in [-0.15, -0.1) is 11.6 Å². The Morgan fingerprint density at radius 1 is 1.45 bits per heavy atom. The zero-order valence-electron chi connectivity index (χ0n) is 10.1. The van der Waals surface area contributed by atoms with Crippen molar-refractivity contribution in [2.75, 3.05) is 12.4 Å². The zero-order valence-corrected chi connectivity index (χ0v) is 11.6. The number of halogens is 1. The maximum Gasteiger partial charge on any atom is 0.270 e. The molecule has 0 bridgehead atoms. The van der Waals surface area contributed by atoms with Gasteiger partial charge in [0.2, 0.25) is 0 Å². The molecule has 0 spiro atoms. The van der Waals surface area contributed by atoms with Crippen LogP contribution in [0.2, 0.25) is 0 Å². The molecule has 2 rings (SSSR count). The lowest BCUT2D eigenvalue weighted by Crippen LogP contribution is -2.32. The molecule has 1 aliphatic heterocycles. The number of carbonyl (C=O) groups excluding carboxylic acids is 1. The average Bonchev–Trinajstić information content (AvgIpc) is 2.59. The van der Waals surface area contributed by atoms with Gasteiger partial charge in [-0.2, -0.15) is 0 Å². The van der Waals surface area contributed by atoms with Crippen molar-refractivity contribution < 1.29 is 18.1 Å². The highest BCUT2D eigenvalue weighted by Crippen LogP contribution is 2.33. The van der Waals surface area contributed by atoms with E-state index in [0.717, 1.165) is 18.2 Å². The van der Waals surface area contributed by atoms with E-state index in [2.05, 4.69) is 6.58 Å². The summed E-state index contributed by atoms with van der Waals surface area (Å²) in [7, 11) is -4.00. The maximum absolute atomic E-state index is 12.2. The fourth-order valence-electron chi connectivity index (χ4n) is 1.79. The smallest absolute Gasteiger partial charge is 0.268 e. The molecule has 106 valence electrons. The predicted molar refractivity (Wildman–Crippen MR) is 71.2 cm³/mol. The van der Waals surface area contributed by atoms with Crippen LogP contribution in [-0.4, -0.2) is 36.0 Å². The van der Waals surface area contributed by atoms with Gasteiger partial charge in [-0.1, -0.05) is 6.58 Å². The fraction of sp³-hybridized carbons (Fsp3) is 0.182. The van der Waals surface area contributed by atoms with Gasteiger partial charge in [0.1, 0.15) is 4.90 Å². The van der Waals surface area contributed by atoms with E-state index in [1.165, 1.54) is 0 Å². The topological polar surface area (TPSA) is 97.6 Å². The number of benzene rings is 1. The van der Waals surface area contributed by atoms with E-state index in [1.54, 1.807) is 0 Å². The number of hydrogen-bond donors (Lipinski definition) is 0. The molecule has 1 aliphatic rings. The number of sulfonamides is 1. The second-order valence-corrected chi connectivity index (χ2v) is 6.24. The average molecular weight is 317 g/mol. The standard InChI is InChI=1S/C11H9ClN2O5S/c1-7(5-12)6-13-11(15)9-4-8(14(16)17)2-3-10(9)20(13,18)19/h2-4H,1,5-6H2. The van der Waals surface area contributed by atoms with E-state index in [0.29, 0.717) is 9.88 Å². The third-order valence-electron chi connectivity index (χ3n) is 2.76. The number of fused-ring (bicyclic) bond motifs is 1. The molecule has 7 nitrogen and oxygen atoms in total. The van der Waals surface area contributed by atoms with Gasteiger partial charge in [0.15, 0.2) is 0 Å². The predicted octanol–water partition coefficient (Wildman–Crippen LogP) is 1.53. The van der Waals surface area contributed by atoms with Crippen molar-refractivity contribution in [1.29, 1.82) is 0 Å². The maximum atomic E-state index is 12.2. The molecule has 0 saturated heterocycles. The first-order valence-corrected chi connectivity index (χ1v) is 7.34. The zero-order chi connectivity index (χ0) is 15.1. The van der Waals surface area contributed by atoms with Gasteiger partial charge >= 0.3 is 0 Å². The summed E-state index contributed by atoms with van der Waals surface area (Å²) in [5.74, 6) is -0.801. The van der Waals surface area contributed by atoms with Crippen LogP contribution in [0.15, 0.2) is 35.2 Å². The van der Waals surface area contributed by atoms with Gasteiger partial charge in [0, 0.05) is 18.0 Å². The first kappa shape index (κ1) is 14.5. The summed E-state index contributed by atoms with van der Waals surface area (Å²) in [5, 5.41) is 10.7. The summed E-state index contributed by atoms with van der Waals surface area (Å²) < 4.78 is 25.0. The van der Waals surface area contributed by atoms with Gasteiger partial charge < -0.3 is 0 Å². The van der Waals surface area contributed by atoms with E-state index < -0.39 is 20.9 Å².